The number of thiazole rings is 1. The zero-order valence-corrected chi connectivity index (χ0v) is 11.5. The molecule has 1 aromatic heterocycles. The topological polar surface area (TPSA) is 33.2 Å². The summed E-state index contributed by atoms with van der Waals surface area (Å²) in [6.45, 7) is 0.627. The number of halogens is 1. The van der Waals surface area contributed by atoms with Crippen LogP contribution < -0.4 is 0 Å². The maximum absolute atomic E-state index is 13.0. The maximum Gasteiger partial charge on any atom is 0.226 e. The molecular weight excluding hydrogens is 263 g/mol. The van der Waals surface area contributed by atoms with E-state index in [-0.39, 0.29) is 18.1 Å². The van der Waals surface area contributed by atoms with Gasteiger partial charge in [0.05, 0.1) is 11.4 Å². The monoisotopic (exact) mass is 278 g/mol. The average molecular weight is 278 g/mol. The van der Waals surface area contributed by atoms with Crippen molar-refractivity contribution in [1.29, 1.82) is 0 Å². The largest absolute Gasteiger partial charge is 0.345 e. The number of rotatable bonds is 5. The lowest BCUT2D eigenvalue weighted by Crippen LogP contribution is -2.30. The van der Waals surface area contributed by atoms with Crippen LogP contribution in [0.4, 0.5) is 4.39 Å². The molecule has 0 radical (unpaired) electrons. The molecule has 100 valence electrons. The van der Waals surface area contributed by atoms with Gasteiger partial charge in [-0.05, 0) is 17.7 Å². The fourth-order valence-corrected chi connectivity index (χ4v) is 2.33. The third-order valence-electron chi connectivity index (χ3n) is 2.81. The fraction of sp³-hybridized carbons (Fsp3) is 0.286. The number of nitrogens with zero attached hydrogens (tertiary/aromatic N) is 2. The molecule has 0 fully saturated rings. The first kappa shape index (κ1) is 13.7. The minimum absolute atomic E-state index is 0.0119. The zero-order valence-electron chi connectivity index (χ0n) is 10.7. The van der Waals surface area contributed by atoms with E-state index in [9.17, 15) is 9.18 Å². The molecule has 0 aliphatic rings. The minimum Gasteiger partial charge on any atom is -0.345 e. The Hall–Kier alpha value is -1.75. The highest BCUT2D eigenvalue weighted by Crippen LogP contribution is 2.08. The Kier molecular flexibility index (Phi) is 4.63. The number of amides is 1. The maximum atomic E-state index is 13.0. The first-order valence-electron chi connectivity index (χ1n) is 6.02. The van der Waals surface area contributed by atoms with E-state index in [2.05, 4.69) is 4.98 Å². The Morgan fingerprint density at radius 3 is 3.00 bits per heavy atom. The van der Waals surface area contributed by atoms with Gasteiger partial charge in [-0.25, -0.2) is 9.37 Å². The molecule has 5 heteroatoms. The predicted molar refractivity (Wildman–Crippen MR) is 73.6 cm³/mol. The number of carbonyl (C=O) groups is 1. The van der Waals surface area contributed by atoms with Crippen molar-refractivity contribution in [2.75, 3.05) is 13.6 Å². The fourth-order valence-electron chi connectivity index (χ4n) is 1.72. The van der Waals surface area contributed by atoms with Gasteiger partial charge >= 0.3 is 0 Å². The summed E-state index contributed by atoms with van der Waals surface area (Å²) in [7, 11) is 1.76. The Morgan fingerprint density at radius 1 is 1.47 bits per heavy atom. The molecule has 0 saturated carbocycles. The van der Waals surface area contributed by atoms with Crippen LogP contribution in [0.1, 0.15) is 10.6 Å². The first-order valence-corrected chi connectivity index (χ1v) is 6.90. The van der Waals surface area contributed by atoms with Crippen molar-refractivity contribution in [2.24, 2.45) is 0 Å². The van der Waals surface area contributed by atoms with Crippen LogP contribution in [-0.2, 0) is 17.6 Å². The standard InChI is InChI=1S/C14H15FN2OS/c1-17(7-5-13-16-6-8-19-13)14(18)10-11-3-2-4-12(15)9-11/h2-4,6,8-9H,5,7,10H2,1H3. The summed E-state index contributed by atoms with van der Waals surface area (Å²) in [6, 6.07) is 6.15. The van der Waals surface area contributed by atoms with Crippen LogP contribution in [0.3, 0.4) is 0 Å². The molecule has 2 rings (SSSR count). The van der Waals surface area contributed by atoms with Crippen LogP contribution in [-0.4, -0.2) is 29.4 Å². The summed E-state index contributed by atoms with van der Waals surface area (Å²) in [5.41, 5.74) is 0.700. The Balaban J connectivity index is 1.85. The molecule has 0 N–H and O–H groups in total. The van der Waals surface area contributed by atoms with E-state index < -0.39 is 0 Å². The van der Waals surface area contributed by atoms with E-state index in [1.807, 2.05) is 5.38 Å². The normalized spacial score (nSPS) is 10.4. The summed E-state index contributed by atoms with van der Waals surface area (Å²) in [6.07, 6.45) is 2.74. The Labute approximate surface area is 115 Å². The lowest BCUT2D eigenvalue weighted by molar-refractivity contribution is -0.129. The van der Waals surface area contributed by atoms with E-state index in [0.29, 0.717) is 12.1 Å². The summed E-state index contributed by atoms with van der Waals surface area (Å²) in [5, 5.41) is 2.94. The van der Waals surface area contributed by atoms with E-state index in [1.165, 1.54) is 12.1 Å². The van der Waals surface area contributed by atoms with Crippen molar-refractivity contribution in [3.8, 4) is 0 Å². The number of hydrogen-bond acceptors (Lipinski definition) is 3. The Bertz CT molecular complexity index is 542. The Morgan fingerprint density at radius 2 is 2.32 bits per heavy atom. The SMILES string of the molecule is CN(CCc1nccs1)C(=O)Cc1cccc(F)c1. The molecule has 19 heavy (non-hydrogen) atoms. The van der Waals surface area contributed by atoms with Gasteiger partial charge in [0.2, 0.25) is 5.91 Å². The van der Waals surface area contributed by atoms with E-state index in [1.54, 1.807) is 41.6 Å². The molecule has 0 atom stereocenters. The van der Waals surface area contributed by atoms with Crippen molar-refractivity contribution in [3.63, 3.8) is 0 Å². The van der Waals surface area contributed by atoms with Gasteiger partial charge in [0, 0.05) is 31.6 Å². The second-order valence-electron chi connectivity index (χ2n) is 4.30. The van der Waals surface area contributed by atoms with Crippen molar-refractivity contribution in [1.82, 2.24) is 9.88 Å². The van der Waals surface area contributed by atoms with Crippen molar-refractivity contribution >= 4 is 17.2 Å². The molecule has 0 bridgehead atoms. The van der Waals surface area contributed by atoms with Crippen LogP contribution in [0.2, 0.25) is 0 Å². The first-order chi connectivity index (χ1) is 9.15. The number of benzene rings is 1. The van der Waals surface area contributed by atoms with Gasteiger partial charge in [-0.1, -0.05) is 12.1 Å². The minimum atomic E-state index is -0.310. The van der Waals surface area contributed by atoms with E-state index in [4.69, 9.17) is 0 Å². The van der Waals surface area contributed by atoms with Gasteiger partial charge in [-0.3, -0.25) is 4.79 Å². The molecule has 3 nitrogen and oxygen atoms in total. The van der Waals surface area contributed by atoms with Gasteiger partial charge in [-0.15, -0.1) is 11.3 Å². The lowest BCUT2D eigenvalue weighted by Gasteiger charge is -2.16. The third kappa shape index (κ3) is 4.13. The second kappa shape index (κ2) is 6.43. The van der Waals surface area contributed by atoms with Crippen LogP contribution in [0.15, 0.2) is 35.8 Å². The zero-order chi connectivity index (χ0) is 13.7. The molecule has 1 amide bonds. The van der Waals surface area contributed by atoms with Crippen molar-refractivity contribution in [3.05, 3.63) is 52.2 Å². The molecule has 0 aliphatic heterocycles. The third-order valence-corrected chi connectivity index (χ3v) is 3.65. The molecule has 1 heterocycles. The van der Waals surface area contributed by atoms with Gasteiger partial charge in [-0.2, -0.15) is 0 Å². The van der Waals surface area contributed by atoms with Crippen LogP contribution in [0, 0.1) is 5.82 Å². The van der Waals surface area contributed by atoms with Crippen LogP contribution in [0.5, 0.6) is 0 Å². The number of hydrogen-bond donors (Lipinski definition) is 0. The van der Waals surface area contributed by atoms with E-state index in [0.717, 1.165) is 11.4 Å². The van der Waals surface area contributed by atoms with Crippen LogP contribution in [0.25, 0.3) is 0 Å². The van der Waals surface area contributed by atoms with Gasteiger partial charge in [0.15, 0.2) is 0 Å². The molecule has 2 aromatic rings. The predicted octanol–water partition coefficient (Wildman–Crippen LogP) is 2.53. The molecule has 0 aliphatic carbocycles. The highest BCUT2D eigenvalue weighted by atomic mass is 32.1. The number of carbonyl (C=O) groups excluding carboxylic acids is 1. The van der Waals surface area contributed by atoms with E-state index >= 15 is 0 Å². The van der Waals surface area contributed by atoms with Gasteiger partial charge in [0.25, 0.3) is 0 Å². The summed E-state index contributed by atoms with van der Waals surface area (Å²) in [4.78, 5) is 17.8. The van der Waals surface area contributed by atoms with Crippen LogP contribution >= 0.6 is 11.3 Å². The second-order valence-corrected chi connectivity index (χ2v) is 5.28. The summed E-state index contributed by atoms with van der Waals surface area (Å²) in [5.74, 6) is -0.321. The molecule has 0 unspecified atom stereocenters. The highest BCUT2D eigenvalue weighted by molar-refractivity contribution is 7.09. The average Bonchev–Trinajstić information content (AvgIpc) is 2.89. The smallest absolute Gasteiger partial charge is 0.226 e. The molecule has 0 saturated heterocycles. The molecular formula is C14H15FN2OS. The van der Waals surface area contributed by atoms with Gasteiger partial charge in [0.1, 0.15) is 5.82 Å². The van der Waals surface area contributed by atoms with Crippen molar-refractivity contribution in [2.45, 2.75) is 12.8 Å². The van der Waals surface area contributed by atoms with Crippen molar-refractivity contribution < 1.29 is 9.18 Å². The molecule has 1 aromatic carbocycles. The lowest BCUT2D eigenvalue weighted by atomic mass is 10.1. The number of aromatic nitrogens is 1. The highest BCUT2D eigenvalue weighted by Gasteiger charge is 2.10. The molecule has 0 spiro atoms. The summed E-state index contributed by atoms with van der Waals surface area (Å²) < 4.78 is 13.0. The number of likely N-dealkylation sites (N-methyl/N-ethyl adjacent to an activating group) is 1. The quantitative estimate of drug-likeness (QED) is 0.842. The van der Waals surface area contributed by atoms with Gasteiger partial charge < -0.3 is 4.90 Å². The summed E-state index contributed by atoms with van der Waals surface area (Å²) >= 11 is 1.58.